The lowest BCUT2D eigenvalue weighted by Crippen LogP contribution is -2.58. The Morgan fingerprint density at radius 3 is 2.62 bits per heavy atom. The topological polar surface area (TPSA) is 105 Å². The number of nitrogens with zero attached hydrogens (tertiary/aromatic N) is 1. The maximum absolute atomic E-state index is 11.7. The molecular weight excluding hydrogens is 526 g/mol. The van der Waals surface area contributed by atoms with Crippen LogP contribution in [0.2, 0.25) is 0 Å². The third-order valence-electron chi connectivity index (χ3n) is 11.4. The van der Waals surface area contributed by atoms with E-state index in [2.05, 4.69) is 53.6 Å². The quantitative estimate of drug-likeness (QED) is 0.352. The lowest BCUT2D eigenvalue weighted by atomic mass is 9.73. The molecular formula is C35H57N3O4. The number of carboxylic acid groups (broad SMARTS) is 1. The smallest absolute Gasteiger partial charge is 0.306 e. The van der Waals surface area contributed by atoms with E-state index in [9.17, 15) is 20.1 Å². The molecule has 1 aromatic rings. The predicted molar refractivity (Wildman–Crippen MR) is 168 cm³/mol. The van der Waals surface area contributed by atoms with E-state index in [0.717, 1.165) is 76.8 Å². The minimum absolute atomic E-state index is 0.127. The molecule has 5 N–H and O–H groups in total. The first kappa shape index (κ1) is 31.9. The van der Waals surface area contributed by atoms with Gasteiger partial charge in [-0.05, 0) is 114 Å². The third-order valence-corrected chi connectivity index (χ3v) is 11.4. The molecule has 4 aliphatic heterocycles. The molecule has 5 rings (SSSR count). The molecule has 236 valence electrons. The van der Waals surface area contributed by atoms with Gasteiger partial charge < -0.3 is 26.0 Å². The highest BCUT2D eigenvalue weighted by atomic mass is 16.4. The van der Waals surface area contributed by atoms with Gasteiger partial charge in [-0.3, -0.25) is 9.69 Å². The maximum Gasteiger partial charge on any atom is 0.306 e. The van der Waals surface area contributed by atoms with Crippen molar-refractivity contribution in [2.24, 2.45) is 11.8 Å². The van der Waals surface area contributed by atoms with Crippen LogP contribution in [0.15, 0.2) is 24.3 Å². The summed E-state index contributed by atoms with van der Waals surface area (Å²) in [6, 6.07) is 10.5. The van der Waals surface area contributed by atoms with Gasteiger partial charge in [0.1, 0.15) is 0 Å². The second-order valence-electron chi connectivity index (χ2n) is 14.8. The zero-order valence-corrected chi connectivity index (χ0v) is 26.2. The van der Waals surface area contributed by atoms with Gasteiger partial charge in [0, 0.05) is 30.2 Å². The minimum atomic E-state index is -1.21. The molecule has 4 aliphatic rings. The average molecular weight is 584 g/mol. The molecule has 7 heteroatoms. The number of β-amino-alcohol motifs (C(OH)–C–C–N with tert-alkyl or cyclic N) is 1. The molecule has 3 fully saturated rings. The first-order valence-electron chi connectivity index (χ1n) is 17.1. The van der Waals surface area contributed by atoms with E-state index >= 15 is 0 Å². The number of carboxylic acids is 1. The van der Waals surface area contributed by atoms with Crippen molar-refractivity contribution in [1.29, 1.82) is 0 Å². The summed E-state index contributed by atoms with van der Waals surface area (Å²) in [4.78, 5) is 14.3. The molecule has 8 atom stereocenters. The molecule has 0 amide bonds. The van der Waals surface area contributed by atoms with Crippen molar-refractivity contribution in [2.45, 2.75) is 146 Å². The Labute approximate surface area is 253 Å². The van der Waals surface area contributed by atoms with E-state index in [1.807, 2.05) is 0 Å². The van der Waals surface area contributed by atoms with Crippen molar-refractivity contribution in [2.75, 3.05) is 19.6 Å². The van der Waals surface area contributed by atoms with E-state index in [1.54, 1.807) is 0 Å². The second-order valence-corrected chi connectivity index (χ2v) is 14.8. The monoisotopic (exact) mass is 583 g/mol. The van der Waals surface area contributed by atoms with E-state index in [0.29, 0.717) is 31.0 Å². The van der Waals surface area contributed by atoms with Gasteiger partial charge in [-0.1, -0.05) is 49.9 Å². The molecule has 0 aliphatic carbocycles. The van der Waals surface area contributed by atoms with Crippen LogP contribution in [0.5, 0.6) is 0 Å². The van der Waals surface area contributed by atoms with Crippen molar-refractivity contribution >= 4 is 5.97 Å². The molecule has 42 heavy (non-hydrogen) atoms. The first-order chi connectivity index (χ1) is 20.1. The van der Waals surface area contributed by atoms with Crippen LogP contribution in [0, 0.1) is 11.8 Å². The zero-order chi connectivity index (χ0) is 29.7. The average Bonchev–Trinajstić information content (AvgIpc) is 2.95. The molecule has 0 radical (unpaired) electrons. The highest BCUT2D eigenvalue weighted by Crippen LogP contribution is 2.39. The maximum atomic E-state index is 11.7. The van der Waals surface area contributed by atoms with Crippen LogP contribution in [-0.4, -0.2) is 81.2 Å². The second kappa shape index (κ2) is 14.1. The normalized spacial score (nSPS) is 39.4. The highest BCUT2D eigenvalue weighted by molar-refractivity contribution is 5.68. The van der Waals surface area contributed by atoms with Crippen molar-refractivity contribution in [3.05, 3.63) is 35.4 Å². The van der Waals surface area contributed by atoms with Crippen molar-refractivity contribution in [3.8, 4) is 0 Å². The summed E-state index contributed by atoms with van der Waals surface area (Å²) in [5, 5.41) is 38.8. The summed E-state index contributed by atoms with van der Waals surface area (Å²) in [6.45, 7) is 6.79. The number of fused-ring (bicyclic) bond motifs is 5. The van der Waals surface area contributed by atoms with Crippen molar-refractivity contribution in [3.63, 3.8) is 0 Å². The number of nitrogens with one attached hydrogen (secondary N) is 2. The van der Waals surface area contributed by atoms with Crippen LogP contribution in [0.1, 0.15) is 108 Å². The molecule has 4 bridgehead atoms. The summed E-state index contributed by atoms with van der Waals surface area (Å²) in [5.74, 6) is 0.452. The lowest BCUT2D eigenvalue weighted by molar-refractivity contribution is -0.143. The highest BCUT2D eigenvalue weighted by Gasteiger charge is 2.40. The summed E-state index contributed by atoms with van der Waals surface area (Å²) in [6.07, 6.45) is 14.1. The number of aliphatic hydroxyl groups excluding tert-OH is 1. The number of carbonyl (C=O) groups is 1. The Kier molecular flexibility index (Phi) is 10.7. The molecule has 1 aromatic carbocycles. The summed E-state index contributed by atoms with van der Waals surface area (Å²) in [5.41, 5.74) is 1.53. The SMILES string of the molecule is CC1C(O)CCC2CC(C3CCCCCCC(O)(CC(=O)O)CNC4(C)CCNC(Cc5cccc(c5)C3)C4)CCN21. The van der Waals surface area contributed by atoms with E-state index in [1.165, 1.54) is 36.8 Å². The zero-order valence-electron chi connectivity index (χ0n) is 26.2. The number of rotatable bonds is 3. The standard InChI is InChI=1S/C35H57N3O4/c1-25-32(39)12-11-31-21-29(13-17-38(25)31)28-10-5-3-4-6-14-35(42,23-33(40)41)24-37-34(2)15-16-36-30(22-34)20-27-9-7-8-26(18-27)19-28/h7-9,18,25,28-32,36-37,39,42H,3-6,10-17,19-24H2,1-2H3,(H,40,41). The fourth-order valence-corrected chi connectivity index (χ4v) is 8.84. The molecule has 0 saturated carbocycles. The Hall–Kier alpha value is -1.51. The lowest BCUT2D eigenvalue weighted by Gasteiger charge is -2.49. The Morgan fingerprint density at radius 1 is 1.02 bits per heavy atom. The Morgan fingerprint density at radius 2 is 1.81 bits per heavy atom. The van der Waals surface area contributed by atoms with E-state index < -0.39 is 11.6 Å². The fourth-order valence-electron chi connectivity index (χ4n) is 8.84. The molecule has 0 spiro atoms. The number of hydrogen-bond acceptors (Lipinski definition) is 6. The molecule has 4 heterocycles. The van der Waals surface area contributed by atoms with Gasteiger partial charge in [0.15, 0.2) is 0 Å². The van der Waals surface area contributed by atoms with Crippen LogP contribution in [-0.2, 0) is 17.6 Å². The van der Waals surface area contributed by atoms with Gasteiger partial charge in [-0.2, -0.15) is 0 Å². The number of piperidine rings is 3. The Balaban J connectivity index is 1.32. The Bertz CT molecular complexity index is 1040. The summed E-state index contributed by atoms with van der Waals surface area (Å²) in [7, 11) is 0. The van der Waals surface area contributed by atoms with Crippen LogP contribution in [0.4, 0.5) is 0 Å². The summed E-state index contributed by atoms with van der Waals surface area (Å²) < 4.78 is 0. The molecule has 7 nitrogen and oxygen atoms in total. The van der Waals surface area contributed by atoms with E-state index in [-0.39, 0.29) is 24.1 Å². The molecule has 0 aromatic heterocycles. The van der Waals surface area contributed by atoms with Gasteiger partial charge in [0.25, 0.3) is 0 Å². The molecule has 8 unspecified atom stereocenters. The van der Waals surface area contributed by atoms with Gasteiger partial charge in [-0.15, -0.1) is 0 Å². The number of aliphatic carboxylic acids is 1. The van der Waals surface area contributed by atoms with Crippen molar-refractivity contribution in [1.82, 2.24) is 15.5 Å². The molecule has 3 saturated heterocycles. The third kappa shape index (κ3) is 8.35. The van der Waals surface area contributed by atoms with Gasteiger partial charge in [0.05, 0.1) is 18.1 Å². The number of benzene rings is 1. The van der Waals surface area contributed by atoms with Crippen LogP contribution in [0.3, 0.4) is 0 Å². The van der Waals surface area contributed by atoms with Gasteiger partial charge in [0.2, 0.25) is 0 Å². The number of hydrogen-bond donors (Lipinski definition) is 5. The minimum Gasteiger partial charge on any atom is -0.481 e. The largest absolute Gasteiger partial charge is 0.481 e. The van der Waals surface area contributed by atoms with Crippen LogP contribution < -0.4 is 10.6 Å². The number of aliphatic hydroxyl groups is 2. The predicted octanol–water partition coefficient (Wildman–Crippen LogP) is 4.67. The van der Waals surface area contributed by atoms with Crippen molar-refractivity contribution < 1.29 is 20.1 Å². The van der Waals surface area contributed by atoms with Gasteiger partial charge in [-0.25, -0.2) is 0 Å². The van der Waals surface area contributed by atoms with Gasteiger partial charge >= 0.3 is 5.97 Å². The summed E-state index contributed by atoms with van der Waals surface area (Å²) >= 11 is 0. The van der Waals surface area contributed by atoms with E-state index in [4.69, 9.17) is 0 Å². The van der Waals surface area contributed by atoms with Crippen LogP contribution in [0.25, 0.3) is 0 Å². The first-order valence-corrected chi connectivity index (χ1v) is 17.1. The van der Waals surface area contributed by atoms with Crippen LogP contribution >= 0.6 is 0 Å². The fraction of sp³-hybridized carbons (Fsp3) is 0.800.